The summed E-state index contributed by atoms with van der Waals surface area (Å²) in [5, 5.41) is 3.55. The van der Waals surface area contributed by atoms with E-state index in [2.05, 4.69) is 5.32 Å². The number of benzene rings is 2. The molecule has 4 aromatic rings. The van der Waals surface area contributed by atoms with Crippen LogP contribution in [0.15, 0.2) is 76.8 Å². The molecule has 2 aromatic heterocycles. The van der Waals surface area contributed by atoms with Crippen LogP contribution in [0.25, 0.3) is 22.2 Å². The average molecular weight is 461 g/mol. The molecule has 0 spiro atoms. The van der Waals surface area contributed by atoms with Crippen LogP contribution >= 0.6 is 11.8 Å². The number of nitrogens with one attached hydrogen (secondary N) is 1. The lowest BCUT2D eigenvalue weighted by atomic mass is 10.1. The maximum Gasteiger partial charge on any atom is 0.278 e. The number of hydrogen-bond donors (Lipinski definition) is 1. The third kappa shape index (κ3) is 5.20. The second-order valence-electron chi connectivity index (χ2n) is 7.94. The maximum absolute atomic E-state index is 13.4. The number of thioether (sulfide) groups is 1. The van der Waals surface area contributed by atoms with Gasteiger partial charge in [-0.3, -0.25) is 14.2 Å². The number of aryl methyl sites for hydroxylation is 1. The highest BCUT2D eigenvalue weighted by atomic mass is 32.2. The molecule has 0 radical (unpaired) electrons. The lowest BCUT2D eigenvalue weighted by molar-refractivity contribution is -0.118. The molecule has 0 aliphatic carbocycles. The number of hydrogen-bond acceptors (Lipinski definition) is 4. The van der Waals surface area contributed by atoms with Crippen molar-refractivity contribution in [3.8, 4) is 11.1 Å². The predicted octanol–water partition coefficient (Wildman–Crippen LogP) is 4.26. The molecule has 1 amide bonds. The molecule has 0 saturated heterocycles. The summed E-state index contributed by atoms with van der Waals surface area (Å²) in [5.41, 5.74) is 4.30. The molecule has 4 rings (SSSR count). The van der Waals surface area contributed by atoms with Crippen LogP contribution in [0, 0.1) is 0 Å². The Hall–Kier alpha value is -3.32. The third-order valence-corrected chi connectivity index (χ3v) is 6.46. The highest BCUT2D eigenvalue weighted by molar-refractivity contribution is 7.99. The van der Waals surface area contributed by atoms with Gasteiger partial charge in [-0.1, -0.05) is 79.3 Å². The van der Waals surface area contributed by atoms with Crippen molar-refractivity contribution in [2.24, 2.45) is 7.05 Å². The zero-order valence-electron chi connectivity index (χ0n) is 19.0. The summed E-state index contributed by atoms with van der Waals surface area (Å²) in [6.07, 6.45) is 3.54. The fourth-order valence-electron chi connectivity index (χ4n) is 3.88. The van der Waals surface area contributed by atoms with Crippen LogP contribution in [0.4, 0.5) is 0 Å². The van der Waals surface area contributed by atoms with Crippen molar-refractivity contribution in [1.29, 1.82) is 0 Å². The van der Waals surface area contributed by atoms with Crippen LogP contribution in [-0.2, 0) is 24.8 Å². The van der Waals surface area contributed by atoms with Gasteiger partial charge >= 0.3 is 0 Å². The minimum atomic E-state index is -0.0708. The Morgan fingerprint density at radius 1 is 1.06 bits per heavy atom. The van der Waals surface area contributed by atoms with E-state index in [0.29, 0.717) is 29.3 Å². The first-order valence-electron chi connectivity index (χ1n) is 11.2. The van der Waals surface area contributed by atoms with E-state index in [1.165, 1.54) is 17.3 Å². The SMILES string of the molecule is CCCn1c(SCC(=O)NCCc2ccccc2)nc2c(-c3ccccc3)cn(C)c2c1=O. The number of nitrogens with zero attached hydrogens (tertiary/aromatic N) is 3. The van der Waals surface area contributed by atoms with Crippen molar-refractivity contribution < 1.29 is 4.79 Å². The third-order valence-electron chi connectivity index (χ3n) is 5.48. The highest BCUT2D eigenvalue weighted by Gasteiger charge is 2.19. The minimum Gasteiger partial charge on any atom is -0.355 e. The van der Waals surface area contributed by atoms with E-state index in [4.69, 9.17) is 4.98 Å². The van der Waals surface area contributed by atoms with Gasteiger partial charge in [0.25, 0.3) is 5.56 Å². The standard InChI is InChI=1S/C26H28N4O2S/c1-3-16-30-25(32)24-23(21(17-29(24)2)20-12-8-5-9-13-20)28-26(30)33-18-22(31)27-15-14-19-10-6-4-7-11-19/h4-13,17H,3,14-16,18H2,1-2H3,(H,27,31). The van der Waals surface area contributed by atoms with Crippen LogP contribution in [0.3, 0.4) is 0 Å². The number of fused-ring (bicyclic) bond motifs is 1. The van der Waals surface area contributed by atoms with E-state index >= 15 is 0 Å². The summed E-state index contributed by atoms with van der Waals surface area (Å²) in [5.74, 6) is 0.147. The molecule has 0 bridgehead atoms. The molecule has 33 heavy (non-hydrogen) atoms. The normalized spacial score (nSPS) is 11.1. The summed E-state index contributed by atoms with van der Waals surface area (Å²) >= 11 is 1.31. The molecule has 6 nitrogen and oxygen atoms in total. The van der Waals surface area contributed by atoms with Gasteiger partial charge in [-0.2, -0.15) is 0 Å². The highest BCUT2D eigenvalue weighted by Crippen LogP contribution is 2.29. The van der Waals surface area contributed by atoms with Crippen molar-refractivity contribution in [2.45, 2.75) is 31.5 Å². The van der Waals surface area contributed by atoms with Gasteiger partial charge in [-0.15, -0.1) is 0 Å². The zero-order chi connectivity index (χ0) is 23.2. The molecule has 0 atom stereocenters. The zero-order valence-corrected chi connectivity index (χ0v) is 19.8. The van der Waals surface area contributed by atoms with Crippen molar-refractivity contribution >= 4 is 28.7 Å². The molecule has 0 aliphatic heterocycles. The monoisotopic (exact) mass is 460 g/mol. The second-order valence-corrected chi connectivity index (χ2v) is 8.88. The average Bonchev–Trinajstić information content (AvgIpc) is 3.17. The van der Waals surface area contributed by atoms with Crippen molar-refractivity contribution in [2.75, 3.05) is 12.3 Å². The Labute approximate surface area is 197 Å². The fourth-order valence-corrected chi connectivity index (χ4v) is 4.73. The molecule has 7 heteroatoms. The molecule has 1 N–H and O–H groups in total. The second kappa shape index (κ2) is 10.5. The van der Waals surface area contributed by atoms with E-state index < -0.39 is 0 Å². The van der Waals surface area contributed by atoms with Crippen molar-refractivity contribution in [1.82, 2.24) is 19.4 Å². The lowest BCUT2D eigenvalue weighted by Gasteiger charge is -2.12. The molecule has 2 heterocycles. The summed E-state index contributed by atoms with van der Waals surface area (Å²) in [6.45, 7) is 3.17. The molecular formula is C26H28N4O2S. The van der Waals surface area contributed by atoms with Crippen LogP contribution in [0.2, 0.25) is 0 Å². The Bertz CT molecular complexity index is 1300. The van der Waals surface area contributed by atoms with E-state index in [1.807, 2.05) is 85.4 Å². The van der Waals surface area contributed by atoms with Gasteiger partial charge in [0.15, 0.2) is 5.16 Å². The fraction of sp³-hybridized carbons (Fsp3) is 0.269. The first-order chi connectivity index (χ1) is 16.1. The van der Waals surface area contributed by atoms with Crippen LogP contribution in [0.1, 0.15) is 18.9 Å². The smallest absolute Gasteiger partial charge is 0.278 e. The first kappa shape index (κ1) is 22.9. The van der Waals surface area contributed by atoms with Gasteiger partial charge in [-0.25, -0.2) is 4.98 Å². The summed E-state index contributed by atoms with van der Waals surface area (Å²) in [7, 11) is 1.88. The summed E-state index contributed by atoms with van der Waals surface area (Å²) in [4.78, 5) is 30.7. The Morgan fingerprint density at radius 3 is 2.45 bits per heavy atom. The first-order valence-corrected chi connectivity index (χ1v) is 12.2. The minimum absolute atomic E-state index is 0.0651. The lowest BCUT2D eigenvalue weighted by Crippen LogP contribution is -2.28. The number of aromatic nitrogens is 3. The van der Waals surface area contributed by atoms with Crippen molar-refractivity contribution in [3.63, 3.8) is 0 Å². The topological polar surface area (TPSA) is 68.9 Å². The van der Waals surface area contributed by atoms with Crippen LogP contribution in [-0.4, -0.2) is 32.3 Å². The van der Waals surface area contributed by atoms with Crippen molar-refractivity contribution in [3.05, 3.63) is 82.8 Å². The molecular weight excluding hydrogens is 432 g/mol. The van der Waals surface area contributed by atoms with Crippen LogP contribution in [0.5, 0.6) is 0 Å². The van der Waals surface area contributed by atoms with Gasteiger partial charge in [0.05, 0.1) is 5.75 Å². The summed E-state index contributed by atoms with van der Waals surface area (Å²) in [6, 6.07) is 20.0. The molecule has 0 unspecified atom stereocenters. The molecule has 2 aromatic carbocycles. The number of carbonyl (C=O) groups is 1. The molecule has 170 valence electrons. The van der Waals surface area contributed by atoms with E-state index in [0.717, 1.165) is 24.0 Å². The van der Waals surface area contributed by atoms with Gasteiger partial charge < -0.3 is 9.88 Å². The van der Waals surface area contributed by atoms with Gasteiger partial charge in [0, 0.05) is 31.9 Å². The van der Waals surface area contributed by atoms with E-state index in [-0.39, 0.29) is 17.2 Å². The van der Waals surface area contributed by atoms with E-state index in [9.17, 15) is 9.59 Å². The predicted molar refractivity (Wildman–Crippen MR) is 135 cm³/mol. The molecule has 0 saturated carbocycles. The number of carbonyl (C=O) groups excluding carboxylic acids is 1. The summed E-state index contributed by atoms with van der Waals surface area (Å²) < 4.78 is 3.54. The molecule has 0 aliphatic rings. The number of rotatable bonds is 9. The quantitative estimate of drug-likeness (QED) is 0.299. The van der Waals surface area contributed by atoms with Gasteiger partial charge in [0.1, 0.15) is 11.0 Å². The van der Waals surface area contributed by atoms with Gasteiger partial charge in [0.2, 0.25) is 5.91 Å². The Morgan fingerprint density at radius 2 is 1.76 bits per heavy atom. The Balaban J connectivity index is 1.56. The maximum atomic E-state index is 13.4. The van der Waals surface area contributed by atoms with Gasteiger partial charge in [-0.05, 0) is 24.0 Å². The Kier molecular flexibility index (Phi) is 7.29. The largest absolute Gasteiger partial charge is 0.355 e. The molecule has 0 fully saturated rings. The number of amides is 1. The van der Waals surface area contributed by atoms with Crippen LogP contribution < -0.4 is 10.9 Å². The van der Waals surface area contributed by atoms with E-state index in [1.54, 1.807) is 4.57 Å².